The zero-order valence-corrected chi connectivity index (χ0v) is 19.6. The summed E-state index contributed by atoms with van der Waals surface area (Å²) in [5.74, 6) is 1.63. The highest BCUT2D eigenvalue weighted by Gasteiger charge is 2.31. The molecule has 10 heteroatoms. The SMILES string of the molecule is COc1ccc(N([C@H](C)C(=O)N[C@@H](C)c2ccc3c(c2)OCCO3)S(C)(=O)=O)cc1OC. The number of carbonyl (C=O) groups is 1. The Bertz CT molecular complexity index is 1090. The van der Waals surface area contributed by atoms with E-state index in [2.05, 4.69) is 5.32 Å². The van der Waals surface area contributed by atoms with Gasteiger partial charge in [-0.15, -0.1) is 0 Å². The Labute approximate surface area is 188 Å². The summed E-state index contributed by atoms with van der Waals surface area (Å²) in [6.07, 6.45) is 1.05. The molecule has 0 unspecified atom stereocenters. The van der Waals surface area contributed by atoms with Crippen LogP contribution in [0.2, 0.25) is 0 Å². The van der Waals surface area contributed by atoms with Crippen LogP contribution in [0.3, 0.4) is 0 Å². The molecule has 0 bridgehead atoms. The molecule has 1 N–H and O–H groups in total. The topological polar surface area (TPSA) is 103 Å². The van der Waals surface area contributed by atoms with Gasteiger partial charge in [-0.2, -0.15) is 0 Å². The Morgan fingerprint density at radius 1 is 1.00 bits per heavy atom. The van der Waals surface area contributed by atoms with E-state index in [0.717, 1.165) is 16.1 Å². The van der Waals surface area contributed by atoms with Gasteiger partial charge in [0, 0.05) is 6.07 Å². The fourth-order valence-electron chi connectivity index (χ4n) is 3.52. The number of hydrogen-bond donors (Lipinski definition) is 1. The van der Waals surface area contributed by atoms with E-state index in [4.69, 9.17) is 18.9 Å². The van der Waals surface area contributed by atoms with Gasteiger partial charge in [-0.25, -0.2) is 8.42 Å². The van der Waals surface area contributed by atoms with Crippen LogP contribution >= 0.6 is 0 Å². The number of benzene rings is 2. The Balaban J connectivity index is 1.82. The first kappa shape index (κ1) is 23.5. The number of rotatable bonds is 8. The van der Waals surface area contributed by atoms with Gasteiger partial charge in [0.2, 0.25) is 15.9 Å². The van der Waals surface area contributed by atoms with Crippen LogP contribution in [0.4, 0.5) is 5.69 Å². The largest absolute Gasteiger partial charge is 0.493 e. The second-order valence-corrected chi connectivity index (χ2v) is 9.27. The highest BCUT2D eigenvalue weighted by molar-refractivity contribution is 7.92. The van der Waals surface area contributed by atoms with Crippen molar-refractivity contribution in [1.82, 2.24) is 5.32 Å². The van der Waals surface area contributed by atoms with Gasteiger partial charge in [0.05, 0.1) is 32.2 Å². The monoisotopic (exact) mass is 464 g/mol. The van der Waals surface area contributed by atoms with Gasteiger partial charge in [0.25, 0.3) is 0 Å². The fourth-order valence-corrected chi connectivity index (χ4v) is 4.68. The number of anilines is 1. The average molecular weight is 465 g/mol. The molecule has 1 aliphatic rings. The van der Waals surface area contributed by atoms with Crippen LogP contribution in [-0.4, -0.2) is 54.1 Å². The minimum absolute atomic E-state index is 0.291. The van der Waals surface area contributed by atoms with E-state index in [-0.39, 0.29) is 6.04 Å². The van der Waals surface area contributed by atoms with Crippen LogP contribution in [0.15, 0.2) is 36.4 Å². The molecular weight excluding hydrogens is 436 g/mol. The minimum Gasteiger partial charge on any atom is -0.493 e. The summed E-state index contributed by atoms with van der Waals surface area (Å²) in [4.78, 5) is 13.0. The van der Waals surface area contributed by atoms with Crippen LogP contribution in [0.1, 0.15) is 25.5 Å². The summed E-state index contributed by atoms with van der Waals surface area (Å²) >= 11 is 0. The van der Waals surface area contributed by atoms with Crippen molar-refractivity contribution in [2.75, 3.05) is 38.0 Å². The van der Waals surface area contributed by atoms with E-state index >= 15 is 0 Å². The predicted molar refractivity (Wildman–Crippen MR) is 120 cm³/mol. The number of carbonyl (C=O) groups excluding carboxylic acids is 1. The van der Waals surface area contributed by atoms with Gasteiger partial charge >= 0.3 is 0 Å². The molecule has 2 aromatic rings. The third kappa shape index (κ3) is 5.01. The van der Waals surface area contributed by atoms with Crippen molar-refractivity contribution in [1.29, 1.82) is 0 Å². The number of ether oxygens (including phenoxy) is 4. The molecular formula is C22H28N2O7S. The highest BCUT2D eigenvalue weighted by Crippen LogP contribution is 2.34. The van der Waals surface area contributed by atoms with Crippen molar-refractivity contribution in [3.05, 3.63) is 42.0 Å². The minimum atomic E-state index is -3.78. The normalized spacial score (nSPS) is 14.8. The molecule has 32 heavy (non-hydrogen) atoms. The lowest BCUT2D eigenvalue weighted by Gasteiger charge is -2.30. The first-order chi connectivity index (χ1) is 15.2. The third-order valence-corrected chi connectivity index (χ3v) is 6.38. The van der Waals surface area contributed by atoms with E-state index in [0.29, 0.717) is 41.9 Å². The van der Waals surface area contributed by atoms with Crippen LogP contribution in [0.5, 0.6) is 23.0 Å². The molecule has 0 spiro atoms. The van der Waals surface area contributed by atoms with Gasteiger partial charge in [-0.1, -0.05) is 6.07 Å². The summed E-state index contributed by atoms with van der Waals surface area (Å²) in [5.41, 5.74) is 1.10. The van der Waals surface area contributed by atoms with E-state index in [9.17, 15) is 13.2 Å². The molecule has 0 aromatic heterocycles. The Hall–Kier alpha value is -3.14. The predicted octanol–water partition coefficient (Wildman–Crippen LogP) is 2.51. The summed E-state index contributed by atoms with van der Waals surface area (Å²) in [7, 11) is -0.836. The van der Waals surface area contributed by atoms with E-state index in [1.54, 1.807) is 18.2 Å². The standard InChI is InChI=1S/C22H28N2O7S/c1-14(16-6-8-19-21(12-16)31-11-10-30-19)23-22(25)15(2)24(32(5,26)27)17-7-9-18(28-3)20(13-17)29-4/h6-9,12-15H,10-11H2,1-5H3,(H,23,25)/t14-,15+/m0/s1. The number of nitrogens with zero attached hydrogens (tertiary/aromatic N) is 1. The van der Waals surface area contributed by atoms with Gasteiger partial charge < -0.3 is 24.3 Å². The van der Waals surface area contributed by atoms with Crippen LogP contribution in [0.25, 0.3) is 0 Å². The van der Waals surface area contributed by atoms with Crippen molar-refractivity contribution < 1.29 is 32.2 Å². The number of methoxy groups -OCH3 is 2. The lowest BCUT2D eigenvalue weighted by atomic mass is 10.1. The van der Waals surface area contributed by atoms with Crippen molar-refractivity contribution in [2.24, 2.45) is 0 Å². The highest BCUT2D eigenvalue weighted by atomic mass is 32.2. The van der Waals surface area contributed by atoms with E-state index < -0.39 is 22.0 Å². The first-order valence-electron chi connectivity index (χ1n) is 10.1. The molecule has 1 heterocycles. The molecule has 0 radical (unpaired) electrons. The fraction of sp³-hybridized carbons (Fsp3) is 0.409. The summed E-state index contributed by atoms with van der Waals surface area (Å²) in [6.45, 7) is 4.30. The smallest absolute Gasteiger partial charge is 0.244 e. The quantitative estimate of drug-likeness (QED) is 0.640. The number of fused-ring (bicyclic) bond motifs is 1. The molecule has 0 saturated heterocycles. The Kier molecular flexibility index (Phi) is 7.02. The molecule has 2 aromatic carbocycles. The number of sulfonamides is 1. The van der Waals surface area contributed by atoms with E-state index in [1.807, 2.05) is 19.1 Å². The zero-order chi connectivity index (χ0) is 23.5. The summed E-state index contributed by atoms with van der Waals surface area (Å²) in [5, 5.41) is 2.88. The lowest BCUT2D eigenvalue weighted by Crippen LogP contribution is -2.48. The van der Waals surface area contributed by atoms with Gasteiger partial charge in [-0.3, -0.25) is 9.10 Å². The van der Waals surface area contributed by atoms with Gasteiger partial charge in [-0.05, 0) is 43.7 Å². The second-order valence-electron chi connectivity index (χ2n) is 7.41. The molecule has 1 aliphatic heterocycles. The Morgan fingerprint density at radius 2 is 1.66 bits per heavy atom. The molecule has 2 atom stereocenters. The average Bonchev–Trinajstić information content (AvgIpc) is 2.77. The van der Waals surface area contributed by atoms with Crippen molar-refractivity contribution in [3.63, 3.8) is 0 Å². The number of amides is 1. The first-order valence-corrected chi connectivity index (χ1v) is 11.9. The molecule has 1 amide bonds. The third-order valence-electron chi connectivity index (χ3n) is 5.14. The molecule has 174 valence electrons. The van der Waals surface area contributed by atoms with Gasteiger partial charge in [0.1, 0.15) is 19.3 Å². The van der Waals surface area contributed by atoms with Crippen LogP contribution < -0.4 is 28.6 Å². The van der Waals surface area contributed by atoms with Crippen LogP contribution in [-0.2, 0) is 14.8 Å². The summed E-state index contributed by atoms with van der Waals surface area (Å²) < 4.78 is 47.9. The van der Waals surface area contributed by atoms with Crippen molar-refractivity contribution >= 4 is 21.6 Å². The maximum absolute atomic E-state index is 13.0. The maximum Gasteiger partial charge on any atom is 0.244 e. The Morgan fingerprint density at radius 3 is 2.28 bits per heavy atom. The number of nitrogens with one attached hydrogen (secondary N) is 1. The van der Waals surface area contributed by atoms with E-state index in [1.165, 1.54) is 27.2 Å². The molecule has 0 aliphatic carbocycles. The maximum atomic E-state index is 13.0. The molecule has 3 rings (SSSR count). The zero-order valence-electron chi connectivity index (χ0n) is 18.7. The lowest BCUT2D eigenvalue weighted by molar-refractivity contribution is -0.122. The van der Waals surface area contributed by atoms with Crippen molar-refractivity contribution in [3.8, 4) is 23.0 Å². The number of hydrogen-bond acceptors (Lipinski definition) is 7. The van der Waals surface area contributed by atoms with Crippen LogP contribution in [0, 0.1) is 0 Å². The molecule has 0 saturated carbocycles. The summed E-state index contributed by atoms with van der Waals surface area (Å²) in [6, 6.07) is 8.73. The second kappa shape index (κ2) is 9.56. The molecule has 9 nitrogen and oxygen atoms in total. The molecule has 0 fully saturated rings. The van der Waals surface area contributed by atoms with Crippen molar-refractivity contribution in [2.45, 2.75) is 25.9 Å². The van der Waals surface area contributed by atoms with Gasteiger partial charge in [0.15, 0.2) is 23.0 Å².